The molecular formula is C52H70ClFN8O8S3. The minimum absolute atomic E-state index is 0. The molecular weight excluding hydrogens is 1020 g/mol. The Hall–Kier alpha value is -5.58. The molecule has 2 aromatic carbocycles. The quantitative estimate of drug-likeness (QED) is 0.0615. The number of hydrogen-bond acceptors (Lipinski definition) is 13. The van der Waals surface area contributed by atoms with Gasteiger partial charge in [-0.2, -0.15) is 40.5 Å². The molecule has 0 unspecified atom stereocenters. The molecule has 0 saturated carbocycles. The molecule has 0 aliphatic carbocycles. The number of rotatable bonds is 16. The van der Waals surface area contributed by atoms with Gasteiger partial charge in [0.05, 0.1) is 11.6 Å². The van der Waals surface area contributed by atoms with E-state index in [1.165, 1.54) is 18.9 Å². The summed E-state index contributed by atoms with van der Waals surface area (Å²) in [7, 11) is 3.71. The van der Waals surface area contributed by atoms with Crippen molar-refractivity contribution in [2.75, 3.05) is 45.8 Å². The number of carboxylic acids is 1. The molecule has 4 aromatic heterocycles. The maximum Gasteiger partial charge on any atom is 0.412 e. The Bertz CT molecular complexity index is 2480. The Kier molecular flexibility index (Phi) is 31.9. The van der Waals surface area contributed by atoms with Crippen molar-refractivity contribution in [2.24, 2.45) is 0 Å². The maximum absolute atomic E-state index is 13.9. The fourth-order valence-electron chi connectivity index (χ4n) is 6.55. The standard InChI is InChI=1S/C26H24ClFN4O2.C13H18N2O4.C9H14N2O.C4H8O.3H2S/c1-32(16-20-9-6-11-23(28)25(20)27)22(14-21-10-4-5-12-29-21)17-34-26(33)31-24-13-18-7-2-3-8-19(18)15-30-24;1-13(2,3)19-12(18)15-10(11(16)17)8-9-6-4-5-7-14-9;1-10-9(7-12)6-8-4-2-3-5-11-8;1-2-4-5-3-1;;;/h2-13,15,22H,14,16-17H2,1H3,(H,30,31,33);4-7,10H,8H2,1-3H3,(H,15,18)(H,16,17);2-5,9-10,12H,6-7H2,1H3;1-4H2;3*1H2/t22-;10-;9-;;;;/m000..../s1. The van der Waals surface area contributed by atoms with Crippen LogP contribution in [0, 0.1) is 5.82 Å². The van der Waals surface area contributed by atoms with Crippen LogP contribution in [0.4, 0.5) is 19.8 Å². The van der Waals surface area contributed by atoms with Crippen LogP contribution in [0.25, 0.3) is 10.8 Å². The van der Waals surface area contributed by atoms with Crippen molar-refractivity contribution in [3.63, 3.8) is 0 Å². The van der Waals surface area contributed by atoms with Gasteiger partial charge in [-0.05, 0) is 107 Å². The topological polar surface area (TPSA) is 210 Å². The Balaban J connectivity index is 0.000000573. The summed E-state index contributed by atoms with van der Waals surface area (Å²) in [5.74, 6) is -1.19. The van der Waals surface area contributed by atoms with E-state index in [2.05, 4.69) is 35.9 Å². The number of aliphatic hydroxyl groups excluding tert-OH is 1. The molecule has 0 bridgehead atoms. The predicted octanol–water partition coefficient (Wildman–Crippen LogP) is 8.66. The summed E-state index contributed by atoms with van der Waals surface area (Å²) >= 11 is 6.15. The van der Waals surface area contributed by atoms with Crippen LogP contribution in [0.3, 0.4) is 0 Å². The number of pyridine rings is 4. The highest BCUT2D eigenvalue weighted by molar-refractivity contribution is 7.59. The second-order valence-electron chi connectivity index (χ2n) is 17.0. The Labute approximate surface area is 453 Å². The smallest absolute Gasteiger partial charge is 0.412 e. The minimum atomic E-state index is -1.13. The summed E-state index contributed by atoms with van der Waals surface area (Å²) in [5, 5.41) is 28.0. The molecule has 1 saturated heterocycles. The molecule has 1 aliphatic rings. The first-order valence-corrected chi connectivity index (χ1v) is 23.2. The van der Waals surface area contributed by atoms with E-state index in [1.807, 2.05) is 79.7 Å². The normalized spacial score (nSPS) is 12.6. The van der Waals surface area contributed by atoms with Gasteiger partial charge in [0.1, 0.15) is 29.9 Å². The number of benzene rings is 2. The van der Waals surface area contributed by atoms with E-state index < -0.39 is 35.6 Å². The van der Waals surface area contributed by atoms with Gasteiger partial charge in [0.25, 0.3) is 0 Å². The summed E-state index contributed by atoms with van der Waals surface area (Å²) in [4.78, 5) is 54.0. The largest absolute Gasteiger partial charge is 0.480 e. The fraction of sp³-hybridized carbons (Fsp3) is 0.365. The van der Waals surface area contributed by atoms with E-state index in [1.54, 1.807) is 82.0 Å². The Morgan fingerprint density at radius 3 is 1.85 bits per heavy atom. The number of amides is 2. The minimum Gasteiger partial charge on any atom is -0.480 e. The van der Waals surface area contributed by atoms with Gasteiger partial charge in [0, 0.05) is 98.4 Å². The summed E-state index contributed by atoms with van der Waals surface area (Å²) in [6.45, 7) is 7.75. The van der Waals surface area contributed by atoms with E-state index in [9.17, 15) is 18.8 Å². The number of aliphatic hydroxyl groups is 1. The SMILES string of the molecule is C1CCOC1.CC(C)(C)OC(=O)N[C@@H](Cc1ccccn1)C(=O)O.CN(Cc1cccc(F)c1Cl)[C@H](COC(=O)Nc1cc2ccccc2cn1)Cc1ccccn1.CN[C@H](CO)Cc1ccccn1.S.S.S. The number of alkyl carbamates (subject to hydrolysis) is 1. The molecule has 7 rings (SSSR count). The number of fused-ring (bicyclic) bond motifs is 1. The molecule has 3 atom stereocenters. The average molecular weight is 1090 g/mol. The molecule has 0 radical (unpaired) electrons. The van der Waals surface area contributed by atoms with Crippen molar-refractivity contribution in [1.82, 2.24) is 35.5 Å². The molecule has 73 heavy (non-hydrogen) atoms. The fourth-order valence-corrected chi connectivity index (χ4v) is 6.74. The number of aromatic nitrogens is 4. The van der Waals surface area contributed by atoms with Crippen molar-refractivity contribution < 1.29 is 43.2 Å². The van der Waals surface area contributed by atoms with Gasteiger partial charge < -0.3 is 35.1 Å². The lowest BCUT2D eigenvalue weighted by Gasteiger charge is -2.28. The molecule has 0 spiro atoms. The third-order valence-corrected chi connectivity index (χ3v) is 10.7. The molecule has 5 N–H and O–H groups in total. The monoisotopic (exact) mass is 1080 g/mol. The summed E-state index contributed by atoms with van der Waals surface area (Å²) in [6, 6.07) is 29.7. The number of halogens is 2. The number of aliphatic carboxylic acids is 1. The van der Waals surface area contributed by atoms with Gasteiger partial charge >= 0.3 is 18.2 Å². The lowest BCUT2D eigenvalue weighted by Crippen LogP contribution is -2.44. The summed E-state index contributed by atoms with van der Waals surface area (Å²) in [6.07, 6.45) is 9.36. The molecule has 5 heterocycles. The van der Waals surface area contributed by atoms with Crippen LogP contribution >= 0.6 is 52.1 Å². The van der Waals surface area contributed by atoms with Crippen LogP contribution in [-0.4, -0.2) is 117 Å². The maximum atomic E-state index is 13.9. The molecule has 16 nitrogen and oxygen atoms in total. The lowest BCUT2D eigenvalue weighted by atomic mass is 10.1. The van der Waals surface area contributed by atoms with Crippen molar-refractivity contribution in [3.8, 4) is 0 Å². The van der Waals surface area contributed by atoms with Crippen LogP contribution in [0.1, 0.15) is 56.3 Å². The number of carboxylic acid groups (broad SMARTS) is 1. The predicted molar refractivity (Wildman–Crippen MR) is 299 cm³/mol. The Morgan fingerprint density at radius 2 is 1.34 bits per heavy atom. The van der Waals surface area contributed by atoms with E-state index in [0.717, 1.165) is 41.8 Å². The number of carbonyl (C=O) groups excluding carboxylic acids is 2. The van der Waals surface area contributed by atoms with Crippen molar-refractivity contribution in [1.29, 1.82) is 0 Å². The molecule has 398 valence electrons. The number of nitrogens with zero attached hydrogens (tertiary/aromatic N) is 5. The van der Waals surface area contributed by atoms with Crippen molar-refractivity contribution >= 4 is 86.8 Å². The zero-order valence-electron chi connectivity index (χ0n) is 41.8. The van der Waals surface area contributed by atoms with Gasteiger partial charge in [-0.25, -0.2) is 23.8 Å². The van der Waals surface area contributed by atoms with Crippen LogP contribution in [-0.2, 0) is 44.8 Å². The van der Waals surface area contributed by atoms with Crippen LogP contribution in [0.2, 0.25) is 5.02 Å². The summed E-state index contributed by atoms with van der Waals surface area (Å²) in [5.41, 5.74) is 2.43. The van der Waals surface area contributed by atoms with Crippen LogP contribution in [0.5, 0.6) is 0 Å². The third kappa shape index (κ3) is 25.8. The number of likely N-dealkylation sites (N-methyl/N-ethyl adjacent to an activating group) is 2. The van der Waals surface area contributed by atoms with Gasteiger partial charge in [-0.1, -0.05) is 66.2 Å². The lowest BCUT2D eigenvalue weighted by molar-refractivity contribution is -0.139. The number of nitrogens with one attached hydrogen (secondary N) is 3. The van der Waals surface area contributed by atoms with Gasteiger partial charge in [0.2, 0.25) is 0 Å². The highest BCUT2D eigenvalue weighted by Gasteiger charge is 2.25. The first-order valence-electron chi connectivity index (χ1n) is 22.8. The number of hydrogen-bond donors (Lipinski definition) is 5. The molecule has 1 fully saturated rings. The number of ether oxygens (including phenoxy) is 3. The molecule has 6 aromatic rings. The molecule has 21 heteroatoms. The second-order valence-corrected chi connectivity index (χ2v) is 17.4. The first-order chi connectivity index (χ1) is 33.6. The first kappa shape index (κ1) is 65.4. The highest BCUT2D eigenvalue weighted by Crippen LogP contribution is 2.22. The van der Waals surface area contributed by atoms with E-state index >= 15 is 0 Å². The Morgan fingerprint density at radius 1 is 0.781 bits per heavy atom. The van der Waals surface area contributed by atoms with Crippen molar-refractivity contribution in [2.45, 2.75) is 83.1 Å². The third-order valence-electron chi connectivity index (χ3n) is 10.3. The number of anilines is 1. The summed E-state index contributed by atoms with van der Waals surface area (Å²) < 4.78 is 29.4. The van der Waals surface area contributed by atoms with Crippen LogP contribution < -0.4 is 16.0 Å². The highest BCUT2D eigenvalue weighted by atomic mass is 35.5. The van der Waals surface area contributed by atoms with E-state index in [-0.39, 0.29) is 77.2 Å². The van der Waals surface area contributed by atoms with Crippen molar-refractivity contribution in [3.05, 3.63) is 161 Å². The van der Waals surface area contributed by atoms with E-state index in [4.69, 9.17) is 36.0 Å². The van der Waals surface area contributed by atoms with Gasteiger partial charge in [0.15, 0.2) is 0 Å². The zero-order chi connectivity index (χ0) is 50.7. The van der Waals surface area contributed by atoms with Gasteiger partial charge in [-0.3, -0.25) is 25.2 Å². The molecule has 2 amide bonds. The second kappa shape index (κ2) is 35.6. The van der Waals surface area contributed by atoms with Gasteiger partial charge in [-0.15, -0.1) is 0 Å². The molecule has 1 aliphatic heterocycles. The van der Waals surface area contributed by atoms with Crippen LogP contribution in [0.15, 0.2) is 128 Å². The van der Waals surface area contributed by atoms with E-state index in [0.29, 0.717) is 30.0 Å². The number of carbonyl (C=O) groups is 3. The zero-order valence-corrected chi connectivity index (χ0v) is 45.5. The average Bonchev–Trinajstić information content (AvgIpc) is 3.95.